The summed E-state index contributed by atoms with van der Waals surface area (Å²) in [4.78, 5) is 0. The molecule has 2 rings (SSSR count). The molecule has 0 amide bonds. The van der Waals surface area contributed by atoms with Gasteiger partial charge in [0.2, 0.25) is 0 Å². The van der Waals surface area contributed by atoms with Gasteiger partial charge in [0.1, 0.15) is 0 Å². The third-order valence-electron chi connectivity index (χ3n) is 3.19. The SMILES string of the molecule is Cc1ccc(C(C)(C)SCc2ccccc2)cc1. The van der Waals surface area contributed by atoms with Gasteiger partial charge in [0.05, 0.1) is 0 Å². The lowest BCUT2D eigenvalue weighted by Crippen LogP contribution is -2.12. The second kappa shape index (κ2) is 5.62. The van der Waals surface area contributed by atoms with Crippen molar-refractivity contribution in [3.05, 3.63) is 71.3 Å². The number of hydrogen-bond donors (Lipinski definition) is 0. The minimum atomic E-state index is 0.156. The average Bonchev–Trinajstić information content (AvgIpc) is 2.38. The normalized spacial score (nSPS) is 11.5. The van der Waals surface area contributed by atoms with Gasteiger partial charge in [0.15, 0.2) is 0 Å². The Hall–Kier alpha value is -1.21. The number of thioether (sulfide) groups is 1. The monoisotopic (exact) mass is 256 g/mol. The van der Waals surface area contributed by atoms with Gasteiger partial charge in [-0.1, -0.05) is 60.2 Å². The highest BCUT2D eigenvalue weighted by Gasteiger charge is 2.20. The topological polar surface area (TPSA) is 0 Å². The Kier molecular flexibility index (Phi) is 4.13. The summed E-state index contributed by atoms with van der Waals surface area (Å²) in [5.74, 6) is 1.06. The molecule has 18 heavy (non-hydrogen) atoms. The molecule has 0 N–H and O–H groups in total. The molecular formula is C17H20S. The maximum atomic E-state index is 2.30. The van der Waals surface area contributed by atoms with Crippen molar-refractivity contribution < 1.29 is 0 Å². The highest BCUT2D eigenvalue weighted by atomic mass is 32.2. The lowest BCUT2D eigenvalue weighted by molar-refractivity contribution is 0.781. The first-order valence-electron chi connectivity index (χ1n) is 6.33. The van der Waals surface area contributed by atoms with Gasteiger partial charge < -0.3 is 0 Å². The first-order valence-corrected chi connectivity index (χ1v) is 7.31. The van der Waals surface area contributed by atoms with Gasteiger partial charge in [0, 0.05) is 10.5 Å². The van der Waals surface area contributed by atoms with Gasteiger partial charge in [-0.25, -0.2) is 0 Å². The molecule has 0 saturated carbocycles. The van der Waals surface area contributed by atoms with Crippen molar-refractivity contribution in [1.29, 1.82) is 0 Å². The minimum absolute atomic E-state index is 0.156. The summed E-state index contributed by atoms with van der Waals surface area (Å²) in [7, 11) is 0. The van der Waals surface area contributed by atoms with E-state index in [-0.39, 0.29) is 4.75 Å². The minimum Gasteiger partial charge on any atom is -0.146 e. The quantitative estimate of drug-likeness (QED) is 0.727. The smallest absolute Gasteiger partial charge is 0.0355 e. The molecule has 0 nitrogen and oxygen atoms in total. The van der Waals surface area contributed by atoms with E-state index in [2.05, 4.69) is 75.4 Å². The van der Waals surface area contributed by atoms with E-state index in [1.807, 2.05) is 11.8 Å². The predicted molar refractivity (Wildman–Crippen MR) is 81.9 cm³/mol. The Morgan fingerprint density at radius 1 is 0.889 bits per heavy atom. The summed E-state index contributed by atoms with van der Waals surface area (Å²) in [6.07, 6.45) is 0. The second-order valence-corrected chi connectivity index (χ2v) is 6.75. The van der Waals surface area contributed by atoms with Crippen LogP contribution in [-0.2, 0) is 10.5 Å². The van der Waals surface area contributed by atoms with Gasteiger partial charge in [-0.05, 0) is 31.9 Å². The predicted octanol–water partition coefficient (Wildman–Crippen LogP) is 5.16. The van der Waals surface area contributed by atoms with Gasteiger partial charge >= 0.3 is 0 Å². The van der Waals surface area contributed by atoms with Crippen molar-refractivity contribution in [2.45, 2.75) is 31.3 Å². The maximum Gasteiger partial charge on any atom is 0.0355 e. The molecule has 0 aromatic heterocycles. The van der Waals surface area contributed by atoms with Gasteiger partial charge in [-0.3, -0.25) is 0 Å². The van der Waals surface area contributed by atoms with E-state index in [4.69, 9.17) is 0 Å². The van der Waals surface area contributed by atoms with Crippen LogP contribution >= 0.6 is 11.8 Å². The number of aryl methyl sites for hydroxylation is 1. The van der Waals surface area contributed by atoms with Crippen molar-refractivity contribution in [2.24, 2.45) is 0 Å². The van der Waals surface area contributed by atoms with E-state index in [1.165, 1.54) is 16.7 Å². The van der Waals surface area contributed by atoms with Crippen LogP contribution in [0.3, 0.4) is 0 Å². The van der Waals surface area contributed by atoms with Crippen LogP contribution in [0.4, 0.5) is 0 Å². The van der Waals surface area contributed by atoms with E-state index >= 15 is 0 Å². The third-order valence-corrected chi connectivity index (χ3v) is 4.62. The molecule has 0 radical (unpaired) electrons. The largest absolute Gasteiger partial charge is 0.146 e. The second-order valence-electron chi connectivity index (χ2n) is 5.15. The average molecular weight is 256 g/mol. The highest BCUT2D eigenvalue weighted by molar-refractivity contribution is 7.99. The Labute approximate surface area is 114 Å². The van der Waals surface area contributed by atoms with E-state index in [1.54, 1.807) is 0 Å². The van der Waals surface area contributed by atoms with E-state index in [0.29, 0.717) is 0 Å². The molecule has 0 aliphatic rings. The van der Waals surface area contributed by atoms with Gasteiger partial charge in [-0.15, -0.1) is 11.8 Å². The van der Waals surface area contributed by atoms with Crippen molar-refractivity contribution in [2.75, 3.05) is 0 Å². The van der Waals surface area contributed by atoms with Crippen LogP contribution < -0.4 is 0 Å². The number of hydrogen-bond acceptors (Lipinski definition) is 1. The van der Waals surface area contributed by atoms with Crippen LogP contribution in [0.2, 0.25) is 0 Å². The van der Waals surface area contributed by atoms with E-state index in [9.17, 15) is 0 Å². The third kappa shape index (κ3) is 3.39. The molecule has 2 aromatic carbocycles. The van der Waals surface area contributed by atoms with Crippen LogP contribution in [0.1, 0.15) is 30.5 Å². The van der Waals surface area contributed by atoms with Crippen LogP contribution in [0.25, 0.3) is 0 Å². The lowest BCUT2D eigenvalue weighted by Gasteiger charge is -2.25. The first-order chi connectivity index (χ1) is 8.58. The molecule has 1 heteroatoms. The molecule has 0 aliphatic heterocycles. The van der Waals surface area contributed by atoms with Crippen molar-refractivity contribution in [1.82, 2.24) is 0 Å². The van der Waals surface area contributed by atoms with E-state index < -0.39 is 0 Å². The standard InChI is InChI=1S/C17H20S/c1-14-9-11-16(12-10-14)17(2,3)18-13-15-7-5-4-6-8-15/h4-12H,13H2,1-3H3. The molecule has 0 atom stereocenters. The first kappa shape index (κ1) is 13.2. The van der Waals surface area contributed by atoms with Crippen molar-refractivity contribution >= 4 is 11.8 Å². The summed E-state index contributed by atoms with van der Waals surface area (Å²) in [6, 6.07) is 19.5. The van der Waals surface area contributed by atoms with Gasteiger partial charge in [0.25, 0.3) is 0 Å². The van der Waals surface area contributed by atoms with Crippen LogP contribution in [0.15, 0.2) is 54.6 Å². The van der Waals surface area contributed by atoms with Gasteiger partial charge in [-0.2, -0.15) is 0 Å². The molecule has 0 spiro atoms. The molecule has 0 bridgehead atoms. The summed E-state index contributed by atoms with van der Waals surface area (Å²) in [6.45, 7) is 6.73. The fourth-order valence-corrected chi connectivity index (χ4v) is 2.90. The summed E-state index contributed by atoms with van der Waals surface area (Å²) < 4.78 is 0.156. The van der Waals surface area contributed by atoms with Crippen LogP contribution in [0.5, 0.6) is 0 Å². The molecule has 0 saturated heterocycles. The molecular weight excluding hydrogens is 236 g/mol. The molecule has 0 heterocycles. The Morgan fingerprint density at radius 2 is 1.50 bits per heavy atom. The summed E-state index contributed by atoms with van der Waals surface area (Å²) >= 11 is 1.99. The van der Waals surface area contributed by atoms with E-state index in [0.717, 1.165) is 5.75 Å². The molecule has 0 fully saturated rings. The Bertz CT molecular complexity index is 483. The number of benzene rings is 2. The Balaban J connectivity index is 2.05. The Morgan fingerprint density at radius 3 is 2.11 bits per heavy atom. The fourth-order valence-electron chi connectivity index (χ4n) is 1.88. The highest BCUT2D eigenvalue weighted by Crippen LogP contribution is 2.37. The summed E-state index contributed by atoms with van der Waals surface area (Å²) in [5.41, 5.74) is 4.11. The van der Waals surface area contributed by atoms with Crippen LogP contribution in [0, 0.1) is 6.92 Å². The van der Waals surface area contributed by atoms with Crippen LogP contribution in [-0.4, -0.2) is 0 Å². The maximum absolute atomic E-state index is 2.30. The zero-order valence-electron chi connectivity index (χ0n) is 11.3. The molecule has 0 unspecified atom stereocenters. The summed E-state index contributed by atoms with van der Waals surface area (Å²) in [5, 5.41) is 0. The molecule has 2 aromatic rings. The van der Waals surface area contributed by atoms with Crippen molar-refractivity contribution in [3.63, 3.8) is 0 Å². The zero-order valence-corrected chi connectivity index (χ0v) is 12.1. The lowest BCUT2D eigenvalue weighted by atomic mass is 10.0. The fraction of sp³-hybridized carbons (Fsp3) is 0.294. The zero-order chi connectivity index (χ0) is 13.0. The number of rotatable bonds is 4. The van der Waals surface area contributed by atoms with Crippen molar-refractivity contribution in [3.8, 4) is 0 Å². The molecule has 0 aliphatic carbocycles. The molecule has 94 valence electrons.